The summed E-state index contributed by atoms with van der Waals surface area (Å²) in [5.74, 6) is -2.44. The minimum Gasteiger partial charge on any atom is -0.322 e. The van der Waals surface area contributed by atoms with Gasteiger partial charge in [-0.05, 0) is 55.2 Å². The molecule has 0 spiro atoms. The largest absolute Gasteiger partial charge is 0.322 e. The maximum atomic E-state index is 13.3. The fraction of sp³-hybridized carbons (Fsp3) is 0.381. The Hall–Kier alpha value is -1.66. The SMILES string of the molecule is CC1C2CC(Sc3cc(C(=O)Nc4cc(F)c(F)c(F)c4)ccc3Cl)CC1C2. The first-order chi connectivity index (χ1) is 13.3. The third kappa shape index (κ3) is 3.77. The molecule has 1 N–H and O–H groups in total. The maximum absolute atomic E-state index is 13.3. The van der Waals surface area contributed by atoms with Gasteiger partial charge in [0.05, 0.1) is 5.02 Å². The molecule has 1 amide bonds. The molecule has 7 heteroatoms. The van der Waals surface area contributed by atoms with E-state index in [-0.39, 0.29) is 5.69 Å². The van der Waals surface area contributed by atoms with Crippen molar-refractivity contribution >= 4 is 35.0 Å². The van der Waals surface area contributed by atoms with Gasteiger partial charge in [0, 0.05) is 33.5 Å². The Morgan fingerprint density at radius 2 is 1.71 bits per heavy atom. The number of benzene rings is 2. The molecule has 0 heterocycles. The number of fused-ring (bicyclic) bond motifs is 2. The lowest BCUT2D eigenvalue weighted by molar-refractivity contribution is 0.0325. The van der Waals surface area contributed by atoms with Gasteiger partial charge < -0.3 is 5.32 Å². The lowest BCUT2D eigenvalue weighted by Crippen LogP contribution is -2.43. The molecular weight excluding hydrogens is 407 g/mol. The quantitative estimate of drug-likeness (QED) is 0.564. The van der Waals surface area contributed by atoms with Crippen LogP contribution in [0.5, 0.6) is 0 Å². The van der Waals surface area contributed by atoms with Crippen LogP contribution in [0.25, 0.3) is 0 Å². The molecule has 3 aliphatic carbocycles. The number of rotatable bonds is 4. The Labute approximate surface area is 170 Å². The Bertz CT molecular complexity index is 903. The number of halogens is 4. The normalized spacial score (nSPS) is 25.9. The van der Waals surface area contributed by atoms with Crippen LogP contribution in [0.2, 0.25) is 5.02 Å². The summed E-state index contributed by atoms with van der Waals surface area (Å²) in [7, 11) is 0. The standard InChI is InChI=1S/C21H19ClF3NOS/c1-10-12-4-13(10)6-15(5-12)28-19-7-11(2-3-16(19)22)21(27)26-14-8-17(23)20(25)18(24)9-14/h2-3,7-10,12-13,15H,4-6H2,1H3,(H,26,27). The summed E-state index contributed by atoms with van der Waals surface area (Å²) in [5, 5.41) is 3.46. The van der Waals surface area contributed by atoms with E-state index in [0.29, 0.717) is 15.8 Å². The summed E-state index contributed by atoms with van der Waals surface area (Å²) in [6, 6.07) is 6.39. The van der Waals surface area contributed by atoms with Crippen molar-refractivity contribution in [2.75, 3.05) is 5.32 Å². The van der Waals surface area contributed by atoms with Gasteiger partial charge in [-0.2, -0.15) is 0 Å². The van der Waals surface area contributed by atoms with E-state index in [4.69, 9.17) is 11.6 Å². The molecule has 5 rings (SSSR count). The molecule has 3 saturated carbocycles. The monoisotopic (exact) mass is 425 g/mol. The molecule has 3 fully saturated rings. The molecule has 2 unspecified atom stereocenters. The topological polar surface area (TPSA) is 29.1 Å². The van der Waals surface area contributed by atoms with Crippen LogP contribution < -0.4 is 5.32 Å². The third-order valence-corrected chi connectivity index (χ3v) is 7.70. The minimum atomic E-state index is -1.57. The van der Waals surface area contributed by atoms with Crippen molar-refractivity contribution in [1.82, 2.24) is 0 Å². The highest BCUT2D eigenvalue weighted by atomic mass is 35.5. The average Bonchev–Trinajstić information content (AvgIpc) is 2.67. The zero-order valence-electron chi connectivity index (χ0n) is 15.1. The molecule has 2 aromatic rings. The van der Waals surface area contributed by atoms with Crippen LogP contribution in [-0.2, 0) is 0 Å². The molecule has 0 radical (unpaired) electrons. The summed E-state index contributed by atoms with van der Waals surface area (Å²) in [6.07, 6.45) is 3.63. The van der Waals surface area contributed by atoms with Crippen molar-refractivity contribution in [1.29, 1.82) is 0 Å². The first-order valence-corrected chi connectivity index (χ1v) is 10.5. The fourth-order valence-electron chi connectivity index (χ4n) is 4.24. The van der Waals surface area contributed by atoms with Crippen molar-refractivity contribution in [2.45, 2.75) is 36.3 Å². The van der Waals surface area contributed by atoms with E-state index >= 15 is 0 Å². The minimum absolute atomic E-state index is 0.146. The summed E-state index contributed by atoms with van der Waals surface area (Å²) in [4.78, 5) is 13.3. The predicted molar refractivity (Wildman–Crippen MR) is 105 cm³/mol. The van der Waals surface area contributed by atoms with Gasteiger partial charge in [-0.1, -0.05) is 18.5 Å². The molecule has 3 aliphatic rings. The van der Waals surface area contributed by atoms with Crippen molar-refractivity contribution in [2.24, 2.45) is 17.8 Å². The molecule has 0 saturated heterocycles. The summed E-state index contributed by atoms with van der Waals surface area (Å²) >= 11 is 8.01. The van der Waals surface area contributed by atoms with Gasteiger partial charge in [0.15, 0.2) is 17.5 Å². The van der Waals surface area contributed by atoms with Gasteiger partial charge in [0.25, 0.3) is 5.91 Å². The van der Waals surface area contributed by atoms with Gasteiger partial charge >= 0.3 is 0 Å². The van der Waals surface area contributed by atoms with Crippen molar-refractivity contribution < 1.29 is 18.0 Å². The first-order valence-electron chi connectivity index (χ1n) is 9.24. The lowest BCUT2D eigenvalue weighted by atomic mass is 9.58. The highest BCUT2D eigenvalue weighted by Gasteiger charge is 2.44. The molecule has 0 aromatic heterocycles. The molecule has 2 aromatic carbocycles. The molecule has 28 heavy (non-hydrogen) atoms. The Morgan fingerprint density at radius 1 is 1.07 bits per heavy atom. The second-order valence-electron chi connectivity index (χ2n) is 7.68. The van der Waals surface area contributed by atoms with Crippen LogP contribution in [0.1, 0.15) is 36.5 Å². The van der Waals surface area contributed by atoms with Crippen LogP contribution in [0.3, 0.4) is 0 Å². The van der Waals surface area contributed by atoms with E-state index < -0.39 is 23.4 Å². The number of anilines is 1. The van der Waals surface area contributed by atoms with E-state index in [1.54, 1.807) is 30.0 Å². The molecule has 2 atom stereocenters. The van der Waals surface area contributed by atoms with Gasteiger partial charge in [-0.3, -0.25) is 4.79 Å². The number of carbonyl (C=O) groups excluding carboxylic acids is 1. The second kappa shape index (κ2) is 7.64. The number of amides is 1. The van der Waals surface area contributed by atoms with Crippen molar-refractivity contribution in [3.63, 3.8) is 0 Å². The zero-order valence-corrected chi connectivity index (χ0v) is 16.7. The molecule has 148 valence electrons. The Balaban J connectivity index is 1.48. The van der Waals surface area contributed by atoms with E-state index in [0.717, 1.165) is 47.6 Å². The smallest absolute Gasteiger partial charge is 0.255 e. The number of hydrogen-bond acceptors (Lipinski definition) is 2. The third-order valence-electron chi connectivity index (χ3n) is 5.95. The lowest BCUT2D eigenvalue weighted by Gasteiger charge is -2.51. The molecular formula is C21H19ClF3NOS. The van der Waals surface area contributed by atoms with E-state index in [1.807, 2.05) is 0 Å². The first kappa shape index (κ1) is 19.6. The highest BCUT2D eigenvalue weighted by Crippen LogP contribution is 2.54. The van der Waals surface area contributed by atoms with E-state index in [9.17, 15) is 18.0 Å². The summed E-state index contributed by atoms with van der Waals surface area (Å²) in [6.45, 7) is 2.32. The second-order valence-corrected chi connectivity index (χ2v) is 9.43. The summed E-state index contributed by atoms with van der Waals surface area (Å²) in [5.41, 5.74) is 0.179. The van der Waals surface area contributed by atoms with E-state index in [2.05, 4.69) is 12.2 Å². The highest BCUT2D eigenvalue weighted by molar-refractivity contribution is 8.00. The van der Waals surface area contributed by atoms with Gasteiger partial charge in [-0.15, -0.1) is 11.8 Å². The number of nitrogens with one attached hydrogen (secondary N) is 1. The van der Waals surface area contributed by atoms with Gasteiger partial charge in [-0.25, -0.2) is 13.2 Å². The molecule has 2 bridgehead atoms. The zero-order chi connectivity index (χ0) is 20.0. The van der Waals surface area contributed by atoms with Crippen LogP contribution in [0.15, 0.2) is 35.2 Å². The van der Waals surface area contributed by atoms with Crippen LogP contribution >= 0.6 is 23.4 Å². The van der Waals surface area contributed by atoms with Gasteiger partial charge in [0.1, 0.15) is 0 Å². The number of hydrogen-bond donors (Lipinski definition) is 1. The Morgan fingerprint density at radius 3 is 2.32 bits per heavy atom. The van der Waals surface area contributed by atoms with Gasteiger partial charge in [0.2, 0.25) is 0 Å². The van der Waals surface area contributed by atoms with Crippen molar-refractivity contribution in [3.05, 3.63) is 58.4 Å². The van der Waals surface area contributed by atoms with Crippen LogP contribution in [0, 0.1) is 35.2 Å². The molecule has 2 nitrogen and oxygen atoms in total. The summed E-state index contributed by atoms with van der Waals surface area (Å²) < 4.78 is 39.8. The van der Waals surface area contributed by atoms with E-state index in [1.165, 1.54) is 6.42 Å². The van der Waals surface area contributed by atoms with Crippen LogP contribution in [-0.4, -0.2) is 11.2 Å². The van der Waals surface area contributed by atoms with Crippen molar-refractivity contribution in [3.8, 4) is 0 Å². The fourth-order valence-corrected chi connectivity index (χ4v) is 5.91. The maximum Gasteiger partial charge on any atom is 0.255 e. The number of thioether (sulfide) groups is 1. The Kier molecular flexibility index (Phi) is 5.36. The molecule has 0 aliphatic heterocycles. The van der Waals surface area contributed by atoms with Crippen LogP contribution in [0.4, 0.5) is 18.9 Å². The average molecular weight is 426 g/mol. The number of carbonyl (C=O) groups is 1. The predicted octanol–water partition coefficient (Wildman–Crippen LogP) is 6.54.